The lowest BCUT2D eigenvalue weighted by molar-refractivity contribution is -0.154. The lowest BCUT2D eigenvalue weighted by atomic mass is 9.93. The Kier molecular flexibility index (Phi) is 6.39. The maximum Gasteiger partial charge on any atom is 0.288 e. The summed E-state index contributed by atoms with van der Waals surface area (Å²) < 4.78 is 17.5. The molecule has 3 aromatic rings. The molecule has 0 aliphatic carbocycles. The number of hydrogen-bond donors (Lipinski definition) is 1. The Hall–Kier alpha value is -3.42. The Balaban J connectivity index is 1.61. The quantitative estimate of drug-likeness (QED) is 0.639. The van der Waals surface area contributed by atoms with Gasteiger partial charge in [0.25, 0.3) is 5.91 Å². The SMILES string of the molecule is CN(C)C(=O)C1=C[C@@H](c2coc3ccccc3c2=O)C[C@@H](OCc2ccc(CO)cc2)O1. The molecule has 1 aliphatic rings. The first-order chi connectivity index (χ1) is 15.5. The number of aliphatic hydroxyl groups is 1. The van der Waals surface area contributed by atoms with Gasteiger partial charge in [-0.25, -0.2) is 0 Å². The number of amides is 1. The Morgan fingerprint density at radius 2 is 1.84 bits per heavy atom. The molecule has 7 heteroatoms. The molecule has 166 valence electrons. The highest BCUT2D eigenvalue weighted by molar-refractivity contribution is 5.91. The van der Waals surface area contributed by atoms with Crippen molar-refractivity contribution in [3.63, 3.8) is 0 Å². The van der Waals surface area contributed by atoms with Gasteiger partial charge in [0, 0.05) is 32.0 Å². The van der Waals surface area contributed by atoms with E-state index in [0.717, 1.165) is 11.1 Å². The van der Waals surface area contributed by atoms with Crippen LogP contribution in [0.15, 0.2) is 75.8 Å². The van der Waals surface area contributed by atoms with Gasteiger partial charge in [-0.3, -0.25) is 9.59 Å². The van der Waals surface area contributed by atoms with Crippen LogP contribution in [0.4, 0.5) is 0 Å². The second kappa shape index (κ2) is 9.38. The summed E-state index contributed by atoms with van der Waals surface area (Å²) in [6.45, 7) is 0.239. The van der Waals surface area contributed by atoms with Crippen molar-refractivity contribution in [1.29, 1.82) is 0 Å². The van der Waals surface area contributed by atoms with Gasteiger partial charge in [0.1, 0.15) is 5.58 Å². The van der Waals surface area contributed by atoms with Crippen LogP contribution in [-0.2, 0) is 27.5 Å². The number of carbonyl (C=O) groups excluding carboxylic acids is 1. The van der Waals surface area contributed by atoms with Gasteiger partial charge < -0.3 is 23.9 Å². The predicted octanol–water partition coefficient (Wildman–Crippen LogP) is 3.30. The Morgan fingerprint density at radius 1 is 1.12 bits per heavy atom. The molecule has 0 radical (unpaired) electrons. The second-order valence-corrected chi connectivity index (χ2v) is 7.92. The van der Waals surface area contributed by atoms with Gasteiger partial charge in [-0.2, -0.15) is 0 Å². The van der Waals surface area contributed by atoms with Gasteiger partial charge >= 0.3 is 0 Å². The zero-order valence-electron chi connectivity index (χ0n) is 18.0. The molecular weight excluding hydrogens is 410 g/mol. The Bertz CT molecular complexity index is 1200. The van der Waals surface area contributed by atoms with Crippen LogP contribution < -0.4 is 5.43 Å². The smallest absolute Gasteiger partial charge is 0.288 e. The first-order valence-electron chi connectivity index (χ1n) is 10.4. The van der Waals surface area contributed by atoms with Crippen molar-refractivity contribution in [2.24, 2.45) is 0 Å². The fourth-order valence-corrected chi connectivity index (χ4v) is 3.63. The molecule has 0 unspecified atom stereocenters. The van der Waals surface area contributed by atoms with E-state index in [4.69, 9.17) is 13.9 Å². The minimum atomic E-state index is -0.715. The summed E-state index contributed by atoms with van der Waals surface area (Å²) in [4.78, 5) is 27.1. The lowest BCUT2D eigenvalue weighted by Gasteiger charge is -2.29. The molecule has 0 bridgehead atoms. The van der Waals surface area contributed by atoms with Crippen LogP contribution in [0.1, 0.15) is 29.0 Å². The summed E-state index contributed by atoms with van der Waals surface area (Å²) in [6.07, 6.45) is 2.77. The zero-order chi connectivity index (χ0) is 22.7. The first kappa shape index (κ1) is 21.8. The fraction of sp³-hybridized carbons (Fsp3) is 0.280. The minimum Gasteiger partial charge on any atom is -0.464 e. The van der Waals surface area contributed by atoms with Crippen molar-refractivity contribution < 1.29 is 23.8 Å². The molecule has 1 aliphatic heterocycles. The maximum absolute atomic E-state index is 13.1. The van der Waals surface area contributed by atoms with Gasteiger partial charge in [0.15, 0.2) is 11.2 Å². The molecule has 1 aromatic heterocycles. The molecule has 0 fully saturated rings. The van der Waals surface area contributed by atoms with Gasteiger partial charge in [-0.1, -0.05) is 36.4 Å². The third-order valence-electron chi connectivity index (χ3n) is 5.42. The van der Waals surface area contributed by atoms with E-state index >= 15 is 0 Å². The van der Waals surface area contributed by atoms with Crippen LogP contribution in [0, 0.1) is 0 Å². The van der Waals surface area contributed by atoms with Gasteiger partial charge in [-0.05, 0) is 29.3 Å². The Labute approximate surface area is 185 Å². The van der Waals surface area contributed by atoms with E-state index in [1.165, 1.54) is 11.2 Å². The minimum absolute atomic E-state index is 0.0241. The van der Waals surface area contributed by atoms with Crippen molar-refractivity contribution in [2.75, 3.05) is 14.1 Å². The van der Waals surface area contributed by atoms with Crippen molar-refractivity contribution in [3.05, 3.63) is 93.5 Å². The molecule has 2 aromatic carbocycles. The van der Waals surface area contributed by atoms with E-state index in [1.807, 2.05) is 30.3 Å². The number of nitrogens with zero attached hydrogens (tertiary/aromatic N) is 1. The van der Waals surface area contributed by atoms with Crippen molar-refractivity contribution in [2.45, 2.75) is 31.8 Å². The van der Waals surface area contributed by atoms with Gasteiger partial charge in [0.2, 0.25) is 6.29 Å². The number of para-hydroxylation sites is 1. The van der Waals surface area contributed by atoms with Crippen LogP contribution in [0.3, 0.4) is 0 Å². The first-order valence-corrected chi connectivity index (χ1v) is 10.4. The fourth-order valence-electron chi connectivity index (χ4n) is 3.63. The summed E-state index contributed by atoms with van der Waals surface area (Å²) in [5.41, 5.74) is 2.55. The maximum atomic E-state index is 13.1. The van der Waals surface area contributed by atoms with E-state index < -0.39 is 12.2 Å². The van der Waals surface area contributed by atoms with E-state index in [9.17, 15) is 14.7 Å². The van der Waals surface area contributed by atoms with Gasteiger partial charge in [-0.15, -0.1) is 0 Å². The van der Waals surface area contributed by atoms with E-state index in [-0.39, 0.29) is 30.3 Å². The topological polar surface area (TPSA) is 89.2 Å². The van der Waals surface area contributed by atoms with Crippen LogP contribution in [0.2, 0.25) is 0 Å². The average Bonchev–Trinajstić information content (AvgIpc) is 2.82. The molecule has 0 saturated carbocycles. The van der Waals surface area contributed by atoms with Crippen LogP contribution in [0.5, 0.6) is 0 Å². The van der Waals surface area contributed by atoms with E-state index in [2.05, 4.69) is 0 Å². The molecule has 1 amide bonds. The Morgan fingerprint density at radius 3 is 2.56 bits per heavy atom. The second-order valence-electron chi connectivity index (χ2n) is 7.92. The van der Waals surface area contributed by atoms with Crippen molar-refractivity contribution in [3.8, 4) is 0 Å². The molecule has 2 heterocycles. The number of aliphatic hydroxyl groups excluding tert-OH is 1. The van der Waals surface area contributed by atoms with Crippen LogP contribution in [-0.4, -0.2) is 36.3 Å². The molecule has 4 rings (SSSR count). The summed E-state index contributed by atoms with van der Waals surface area (Å²) >= 11 is 0. The van der Waals surface area contributed by atoms with Crippen LogP contribution >= 0.6 is 0 Å². The number of hydrogen-bond acceptors (Lipinski definition) is 6. The molecule has 1 N–H and O–H groups in total. The number of likely N-dealkylation sites (N-methyl/N-ethyl adjacent to an activating group) is 1. The molecule has 0 spiro atoms. The third kappa shape index (κ3) is 4.59. The number of benzene rings is 2. The summed E-state index contributed by atoms with van der Waals surface area (Å²) in [6, 6.07) is 14.5. The van der Waals surface area contributed by atoms with E-state index in [1.54, 1.807) is 38.4 Å². The number of fused-ring (bicyclic) bond motifs is 1. The standard InChI is InChI=1S/C25H25NO6/c1-26(2)25(29)22-11-18(20-15-30-21-6-4-3-5-19(21)24(20)28)12-23(32-22)31-14-17-9-7-16(13-27)8-10-17/h3-11,15,18,23,27H,12-14H2,1-2H3/t18-,23+/m1/s1. The molecule has 0 saturated heterocycles. The molecule has 32 heavy (non-hydrogen) atoms. The van der Waals surface area contributed by atoms with E-state index in [0.29, 0.717) is 23.0 Å². The highest BCUT2D eigenvalue weighted by Crippen LogP contribution is 2.31. The monoisotopic (exact) mass is 435 g/mol. The zero-order valence-corrected chi connectivity index (χ0v) is 18.0. The summed E-state index contributed by atoms with van der Waals surface area (Å²) in [7, 11) is 3.28. The normalized spacial score (nSPS) is 18.2. The molecule has 7 nitrogen and oxygen atoms in total. The third-order valence-corrected chi connectivity index (χ3v) is 5.42. The van der Waals surface area contributed by atoms with Gasteiger partial charge in [0.05, 0.1) is 24.9 Å². The molecular formula is C25H25NO6. The number of ether oxygens (including phenoxy) is 2. The summed E-state index contributed by atoms with van der Waals surface area (Å²) in [5, 5.41) is 9.68. The lowest BCUT2D eigenvalue weighted by Crippen LogP contribution is -2.33. The highest BCUT2D eigenvalue weighted by atomic mass is 16.7. The predicted molar refractivity (Wildman–Crippen MR) is 119 cm³/mol. The highest BCUT2D eigenvalue weighted by Gasteiger charge is 2.31. The number of allylic oxidation sites excluding steroid dienone is 1. The largest absolute Gasteiger partial charge is 0.464 e. The number of carbonyl (C=O) groups is 1. The number of rotatable bonds is 6. The van der Waals surface area contributed by atoms with Crippen LogP contribution in [0.25, 0.3) is 11.0 Å². The summed E-state index contributed by atoms with van der Waals surface area (Å²) in [5.74, 6) is -0.564. The average molecular weight is 435 g/mol. The molecule has 2 atom stereocenters. The van der Waals surface area contributed by atoms with Crippen molar-refractivity contribution >= 4 is 16.9 Å². The van der Waals surface area contributed by atoms with Crippen molar-refractivity contribution in [1.82, 2.24) is 4.90 Å².